The minimum Gasteiger partial charge on any atom is -0.225 e. The number of hydrogen-bond donors (Lipinski definition) is 1. The lowest BCUT2D eigenvalue weighted by molar-refractivity contribution is 0.598. The van der Waals surface area contributed by atoms with Crippen molar-refractivity contribution in [2.75, 3.05) is 0 Å². The SMILES string of the molecule is [CH2]C(C)(C)C#Cc1cccc(S(N)(=O)=O)c1. The molecule has 1 aromatic rings. The molecule has 0 aromatic heterocycles. The molecule has 0 bridgehead atoms. The predicted octanol–water partition coefficient (Wildman–Crippen LogP) is 1.55. The summed E-state index contributed by atoms with van der Waals surface area (Å²) in [6, 6.07) is 6.23. The quantitative estimate of drug-likeness (QED) is 0.752. The van der Waals surface area contributed by atoms with Gasteiger partial charge in [-0.25, -0.2) is 13.6 Å². The number of sulfonamides is 1. The summed E-state index contributed by atoms with van der Waals surface area (Å²) in [5.41, 5.74) is 0.251. The van der Waals surface area contributed by atoms with E-state index in [0.717, 1.165) is 0 Å². The number of nitrogens with two attached hydrogens (primary N) is 1. The molecule has 0 saturated carbocycles. The molecular formula is C12H14NO2S. The van der Waals surface area contributed by atoms with Gasteiger partial charge in [0.05, 0.1) is 4.90 Å². The van der Waals surface area contributed by atoms with Crippen molar-refractivity contribution in [1.29, 1.82) is 0 Å². The van der Waals surface area contributed by atoms with Gasteiger partial charge >= 0.3 is 0 Å². The molecular weight excluding hydrogens is 222 g/mol. The summed E-state index contributed by atoms with van der Waals surface area (Å²) in [5, 5.41) is 5.02. The minimum absolute atomic E-state index is 0.0705. The lowest BCUT2D eigenvalue weighted by atomic mass is 9.97. The first-order chi connectivity index (χ1) is 7.18. The van der Waals surface area contributed by atoms with Crippen LogP contribution in [0.3, 0.4) is 0 Å². The molecule has 0 aliphatic heterocycles. The normalized spacial score (nSPS) is 11.8. The molecule has 16 heavy (non-hydrogen) atoms. The van der Waals surface area contributed by atoms with E-state index in [4.69, 9.17) is 5.14 Å². The summed E-state index contributed by atoms with van der Waals surface area (Å²) in [5.74, 6) is 5.78. The van der Waals surface area contributed by atoms with Gasteiger partial charge in [0.15, 0.2) is 0 Å². The van der Waals surface area contributed by atoms with Crippen molar-refractivity contribution in [3.63, 3.8) is 0 Å². The second kappa shape index (κ2) is 4.28. The van der Waals surface area contributed by atoms with Crippen molar-refractivity contribution >= 4 is 10.0 Å². The van der Waals surface area contributed by atoms with Crippen LogP contribution in [-0.2, 0) is 10.0 Å². The van der Waals surface area contributed by atoms with Crippen LogP contribution in [0.2, 0.25) is 0 Å². The average molecular weight is 236 g/mol. The Balaban J connectivity index is 3.14. The van der Waals surface area contributed by atoms with E-state index in [0.29, 0.717) is 5.56 Å². The molecule has 1 aromatic carbocycles. The van der Waals surface area contributed by atoms with Crippen LogP contribution in [0, 0.1) is 24.2 Å². The third-order valence-electron chi connectivity index (χ3n) is 1.71. The molecule has 0 unspecified atom stereocenters. The molecule has 0 aliphatic rings. The van der Waals surface area contributed by atoms with Gasteiger partial charge in [-0.1, -0.05) is 17.9 Å². The molecule has 0 heterocycles. The number of primary sulfonamides is 1. The number of rotatable bonds is 1. The Labute approximate surface area is 96.7 Å². The van der Waals surface area contributed by atoms with E-state index in [1.807, 2.05) is 13.8 Å². The molecule has 1 radical (unpaired) electrons. The lowest BCUT2D eigenvalue weighted by Gasteiger charge is -2.06. The molecule has 0 atom stereocenters. The smallest absolute Gasteiger partial charge is 0.225 e. The Hall–Kier alpha value is -1.31. The Kier molecular flexibility index (Phi) is 3.41. The second-order valence-electron chi connectivity index (χ2n) is 4.21. The predicted molar refractivity (Wildman–Crippen MR) is 63.8 cm³/mol. The Bertz CT molecular complexity index is 542. The van der Waals surface area contributed by atoms with Gasteiger partial charge in [-0.15, -0.1) is 0 Å². The largest absolute Gasteiger partial charge is 0.238 e. The molecule has 0 aliphatic carbocycles. The topological polar surface area (TPSA) is 60.2 Å². The first-order valence-electron chi connectivity index (χ1n) is 4.70. The highest BCUT2D eigenvalue weighted by atomic mass is 32.2. The minimum atomic E-state index is -3.66. The first kappa shape index (κ1) is 12.8. The Morgan fingerprint density at radius 3 is 2.50 bits per heavy atom. The van der Waals surface area contributed by atoms with Crippen molar-refractivity contribution < 1.29 is 8.42 Å². The van der Waals surface area contributed by atoms with Crippen LogP contribution < -0.4 is 5.14 Å². The van der Waals surface area contributed by atoms with E-state index in [1.165, 1.54) is 12.1 Å². The van der Waals surface area contributed by atoms with Gasteiger partial charge in [-0.3, -0.25) is 0 Å². The van der Waals surface area contributed by atoms with Gasteiger partial charge in [0.25, 0.3) is 0 Å². The molecule has 0 fully saturated rings. The standard InChI is InChI=1S/C12H14NO2S/c1-12(2,3)8-7-10-5-4-6-11(9-10)16(13,14)15/h4-6,9H,1H2,2-3H3,(H2,13,14,15). The summed E-state index contributed by atoms with van der Waals surface area (Å²) >= 11 is 0. The van der Waals surface area contributed by atoms with Crippen molar-refractivity contribution in [3.8, 4) is 11.8 Å². The van der Waals surface area contributed by atoms with Crippen molar-refractivity contribution in [2.24, 2.45) is 10.6 Å². The average Bonchev–Trinajstić information content (AvgIpc) is 2.13. The van der Waals surface area contributed by atoms with Crippen LogP contribution in [0.4, 0.5) is 0 Å². The fourth-order valence-corrected chi connectivity index (χ4v) is 1.55. The van der Waals surface area contributed by atoms with Gasteiger partial charge in [-0.2, -0.15) is 0 Å². The lowest BCUT2D eigenvalue weighted by Crippen LogP contribution is -2.12. The fraction of sp³-hybridized carbons (Fsp3) is 0.250. The summed E-state index contributed by atoms with van der Waals surface area (Å²) in [7, 11) is -3.66. The van der Waals surface area contributed by atoms with Gasteiger partial charge in [-0.05, 0) is 39.0 Å². The zero-order chi connectivity index (χ0) is 12.4. The Morgan fingerprint density at radius 2 is 2.00 bits per heavy atom. The van der Waals surface area contributed by atoms with Crippen molar-refractivity contribution in [2.45, 2.75) is 18.7 Å². The van der Waals surface area contributed by atoms with E-state index in [-0.39, 0.29) is 10.3 Å². The van der Waals surface area contributed by atoms with Crippen LogP contribution in [0.1, 0.15) is 19.4 Å². The van der Waals surface area contributed by atoms with E-state index < -0.39 is 10.0 Å². The highest BCUT2D eigenvalue weighted by Crippen LogP contribution is 2.12. The third kappa shape index (κ3) is 4.05. The third-order valence-corrected chi connectivity index (χ3v) is 2.62. The summed E-state index contributed by atoms with van der Waals surface area (Å²) in [6.07, 6.45) is 0. The summed E-state index contributed by atoms with van der Waals surface area (Å²) in [6.45, 7) is 7.60. The number of benzene rings is 1. The molecule has 0 spiro atoms. The molecule has 1 rings (SSSR count). The zero-order valence-electron chi connectivity index (χ0n) is 9.32. The molecule has 2 N–H and O–H groups in total. The van der Waals surface area contributed by atoms with Gasteiger partial charge in [0.2, 0.25) is 10.0 Å². The molecule has 0 saturated heterocycles. The van der Waals surface area contributed by atoms with Crippen LogP contribution in [-0.4, -0.2) is 8.42 Å². The molecule has 3 nitrogen and oxygen atoms in total. The first-order valence-corrected chi connectivity index (χ1v) is 6.24. The van der Waals surface area contributed by atoms with Crippen LogP contribution in [0.15, 0.2) is 29.2 Å². The Morgan fingerprint density at radius 1 is 1.38 bits per heavy atom. The van der Waals surface area contributed by atoms with Gasteiger partial charge in [0.1, 0.15) is 0 Å². The van der Waals surface area contributed by atoms with E-state index in [9.17, 15) is 8.42 Å². The van der Waals surface area contributed by atoms with Crippen LogP contribution >= 0.6 is 0 Å². The second-order valence-corrected chi connectivity index (χ2v) is 5.77. The maximum absolute atomic E-state index is 11.1. The van der Waals surface area contributed by atoms with E-state index in [2.05, 4.69) is 18.8 Å². The number of hydrogen-bond acceptors (Lipinski definition) is 2. The van der Waals surface area contributed by atoms with E-state index in [1.54, 1.807) is 12.1 Å². The van der Waals surface area contributed by atoms with Crippen LogP contribution in [0.5, 0.6) is 0 Å². The highest BCUT2D eigenvalue weighted by molar-refractivity contribution is 7.89. The monoisotopic (exact) mass is 236 g/mol. The molecule has 85 valence electrons. The molecule has 4 heteroatoms. The van der Waals surface area contributed by atoms with E-state index >= 15 is 0 Å². The maximum Gasteiger partial charge on any atom is 0.238 e. The molecule has 0 amide bonds. The fourth-order valence-electron chi connectivity index (χ4n) is 0.992. The van der Waals surface area contributed by atoms with Crippen molar-refractivity contribution in [3.05, 3.63) is 36.8 Å². The van der Waals surface area contributed by atoms with Crippen molar-refractivity contribution in [1.82, 2.24) is 0 Å². The summed E-state index contributed by atoms with van der Waals surface area (Å²) < 4.78 is 22.2. The maximum atomic E-state index is 11.1. The van der Waals surface area contributed by atoms with Crippen LogP contribution in [0.25, 0.3) is 0 Å². The van der Waals surface area contributed by atoms with Gasteiger partial charge < -0.3 is 0 Å². The zero-order valence-corrected chi connectivity index (χ0v) is 10.1. The summed E-state index contributed by atoms with van der Waals surface area (Å²) in [4.78, 5) is 0.0705. The highest BCUT2D eigenvalue weighted by Gasteiger charge is 2.07. The van der Waals surface area contributed by atoms with Gasteiger partial charge in [0, 0.05) is 11.0 Å².